The topological polar surface area (TPSA) is 9.23 Å². The van der Waals surface area contributed by atoms with Crippen molar-refractivity contribution < 1.29 is 30.5 Å². The van der Waals surface area contributed by atoms with Crippen LogP contribution >= 0.6 is 0 Å². The molecule has 0 heterocycles. The van der Waals surface area contributed by atoms with Crippen LogP contribution in [0.15, 0.2) is 36.4 Å². The van der Waals surface area contributed by atoms with Gasteiger partial charge in [-0.1, -0.05) is 0 Å². The molecule has 0 spiro atoms. The molecule has 0 unspecified atom stereocenters. The molecule has 2 heteroatoms. The molecule has 2 aromatic carbocycles. The van der Waals surface area contributed by atoms with Crippen LogP contribution in [0.25, 0.3) is 10.8 Å². The van der Waals surface area contributed by atoms with Crippen molar-refractivity contribution in [2.45, 2.75) is 0 Å². The fourth-order valence-corrected chi connectivity index (χ4v) is 2.36. The summed E-state index contributed by atoms with van der Waals surface area (Å²) in [6, 6.07) is 12.8. The van der Waals surface area contributed by atoms with E-state index in [0.717, 1.165) is 31.5 Å². The van der Waals surface area contributed by atoms with Crippen LogP contribution in [-0.2, 0) is 25.8 Å². The van der Waals surface area contributed by atoms with Gasteiger partial charge in [0.2, 0.25) is 0 Å². The van der Waals surface area contributed by atoms with Crippen molar-refractivity contribution in [1.29, 1.82) is 0 Å². The molecule has 1 nitrogen and oxygen atoms in total. The molecule has 2 aromatic rings. The molecule has 0 atom stereocenters. The van der Waals surface area contributed by atoms with Crippen LogP contribution in [0, 0.1) is 0 Å². The van der Waals surface area contributed by atoms with Gasteiger partial charge in [0.1, 0.15) is 0 Å². The zero-order valence-corrected chi connectivity index (χ0v) is 11.6. The summed E-state index contributed by atoms with van der Waals surface area (Å²) in [6.45, 7) is 0. The second-order valence-electron chi connectivity index (χ2n) is 3.05. The number of methoxy groups -OCH3 is 1. The number of benzene rings is 2. The molecule has 0 saturated heterocycles. The molecule has 0 aromatic heterocycles. The van der Waals surface area contributed by atoms with E-state index in [1.54, 1.807) is 7.11 Å². The first-order chi connectivity index (χ1) is 6.29. The van der Waals surface area contributed by atoms with E-state index in [1.165, 1.54) is 13.9 Å². The fraction of sp³-hybridized carbons (Fsp3) is 0.0909. The third-order valence-corrected chi connectivity index (χ3v) is 3.37. The van der Waals surface area contributed by atoms with Crippen LogP contribution in [-0.4, -0.2) is 7.11 Å². The average molecular weight is 270 g/mol. The Morgan fingerprint density at radius 2 is 1.69 bits per heavy atom. The minimum absolute atomic E-state index is 0.890. The summed E-state index contributed by atoms with van der Waals surface area (Å²) in [5.41, 5.74) is 0. The fourth-order valence-electron chi connectivity index (χ4n) is 1.40. The van der Waals surface area contributed by atoms with E-state index in [-0.39, 0.29) is 0 Å². The Morgan fingerprint density at radius 3 is 2.46 bits per heavy atom. The molecule has 0 amide bonds. The first kappa shape index (κ1) is 9.00. The Kier molecular flexibility index (Phi) is 2.53. The van der Waals surface area contributed by atoms with Gasteiger partial charge >= 0.3 is 93.7 Å². The second-order valence-corrected chi connectivity index (χ2v) is 5.38. The average Bonchev–Trinajstić information content (AvgIpc) is 2.17. The van der Waals surface area contributed by atoms with Gasteiger partial charge in [0, 0.05) is 0 Å². The van der Waals surface area contributed by atoms with E-state index in [9.17, 15) is 0 Å². The molecular weight excluding hydrogens is 261 g/mol. The summed E-state index contributed by atoms with van der Waals surface area (Å²) in [7, 11) is 1.70. The van der Waals surface area contributed by atoms with E-state index >= 15 is 0 Å². The van der Waals surface area contributed by atoms with Crippen LogP contribution in [0.1, 0.15) is 0 Å². The van der Waals surface area contributed by atoms with Gasteiger partial charge < -0.3 is 0 Å². The van der Waals surface area contributed by atoms with Crippen LogP contribution in [0.2, 0.25) is 0 Å². The van der Waals surface area contributed by atoms with E-state index in [4.69, 9.17) is 4.74 Å². The number of fused-ring (bicyclic) bond motifs is 1. The zero-order valence-electron chi connectivity index (χ0n) is 7.58. The van der Waals surface area contributed by atoms with E-state index in [1.807, 2.05) is 6.07 Å². The first-order valence-electron chi connectivity index (χ1n) is 4.19. The van der Waals surface area contributed by atoms with Gasteiger partial charge in [-0.15, -0.1) is 0 Å². The van der Waals surface area contributed by atoms with Crippen molar-refractivity contribution in [1.82, 2.24) is 0 Å². The monoisotopic (exact) mass is 271 g/mol. The number of ether oxygens (including phenoxy) is 1. The Hall–Kier alpha value is -0.578. The first-order valence-corrected chi connectivity index (χ1v) is 6.21. The number of rotatable bonds is 1. The molecule has 0 aliphatic rings. The summed E-state index contributed by atoms with van der Waals surface area (Å²) >= 11 is 0.890. The molecule has 0 fully saturated rings. The van der Waals surface area contributed by atoms with Gasteiger partial charge in [-0.05, 0) is 0 Å². The Labute approximate surface area is 93.4 Å². The van der Waals surface area contributed by atoms with Crippen LogP contribution in [0.3, 0.4) is 0 Å². The maximum atomic E-state index is 5.16. The van der Waals surface area contributed by atoms with Crippen molar-refractivity contribution in [3.05, 3.63) is 36.4 Å². The molecule has 0 N–H and O–H groups in total. The summed E-state index contributed by atoms with van der Waals surface area (Å²) in [5.74, 6) is 0.927. The molecule has 61 valence electrons. The third-order valence-electron chi connectivity index (χ3n) is 2.11. The van der Waals surface area contributed by atoms with Crippen molar-refractivity contribution in [2.75, 3.05) is 7.11 Å². The van der Waals surface area contributed by atoms with Crippen molar-refractivity contribution in [3.63, 3.8) is 0 Å². The summed E-state index contributed by atoms with van der Waals surface area (Å²) in [5, 5.41) is 2.56. The van der Waals surface area contributed by atoms with Crippen molar-refractivity contribution in [2.24, 2.45) is 0 Å². The minimum atomic E-state index is 0.890. The van der Waals surface area contributed by atoms with E-state index < -0.39 is 0 Å². The SMILES string of the molecule is COc1ccc2c[c]([Cd])ccc2c1. The van der Waals surface area contributed by atoms with Gasteiger partial charge in [-0.2, -0.15) is 0 Å². The predicted molar refractivity (Wildman–Crippen MR) is 50.1 cm³/mol. The molecule has 0 bridgehead atoms. The molecule has 0 aliphatic carbocycles. The van der Waals surface area contributed by atoms with E-state index in [0.29, 0.717) is 0 Å². The van der Waals surface area contributed by atoms with Crippen molar-refractivity contribution in [3.8, 4) is 5.75 Å². The molecular formula is C11H9CdO. The van der Waals surface area contributed by atoms with Gasteiger partial charge in [-0.3, -0.25) is 0 Å². The Balaban J connectivity index is 2.66. The Morgan fingerprint density at radius 1 is 1.00 bits per heavy atom. The maximum absolute atomic E-state index is 5.16. The van der Waals surface area contributed by atoms with Gasteiger partial charge in [0.25, 0.3) is 0 Å². The molecule has 0 aliphatic heterocycles. The van der Waals surface area contributed by atoms with Crippen LogP contribution < -0.4 is 7.86 Å². The van der Waals surface area contributed by atoms with Crippen LogP contribution in [0.4, 0.5) is 0 Å². The summed E-state index contributed by atoms with van der Waals surface area (Å²) < 4.78 is 6.62. The standard InChI is InChI=1S/C11H9O.Cd/c1-12-11-7-6-9-4-2-3-5-10(9)8-11;/h3-8H,1H3;. The quantitative estimate of drug-likeness (QED) is 0.720. The Bertz CT molecular complexity index is 437. The summed E-state index contributed by atoms with van der Waals surface area (Å²) in [4.78, 5) is 0. The van der Waals surface area contributed by atoms with Crippen molar-refractivity contribution >= 4 is 13.9 Å². The predicted octanol–water partition coefficient (Wildman–Crippen LogP) is 2.02. The van der Waals surface area contributed by atoms with Gasteiger partial charge in [0.05, 0.1) is 0 Å². The second kappa shape index (κ2) is 3.66. The normalized spacial score (nSPS) is 10.4. The molecule has 13 heavy (non-hydrogen) atoms. The number of hydrogen-bond acceptors (Lipinski definition) is 1. The zero-order chi connectivity index (χ0) is 9.26. The van der Waals surface area contributed by atoms with Crippen LogP contribution in [0.5, 0.6) is 5.75 Å². The van der Waals surface area contributed by atoms with E-state index in [2.05, 4.69) is 30.3 Å². The molecule has 0 saturated carbocycles. The van der Waals surface area contributed by atoms with Gasteiger partial charge in [0.15, 0.2) is 0 Å². The van der Waals surface area contributed by atoms with Gasteiger partial charge in [-0.25, -0.2) is 0 Å². The molecule has 0 radical (unpaired) electrons. The molecule has 2 rings (SSSR count). The summed E-state index contributed by atoms with van der Waals surface area (Å²) in [6.07, 6.45) is 0. The number of hydrogen-bond donors (Lipinski definition) is 0. The third kappa shape index (κ3) is 1.85.